The Morgan fingerprint density at radius 1 is 1.10 bits per heavy atom. The standard InChI is InChI=1S/C27H44O3/c1-17(16-28)6-5-7-18(2)25-24(30)15-23-21-9-8-19-14-20(29)10-12-26(19,3)22(21)11-13-27(23,25)4/h8,17-18,20-23,25,28-29H,5-7,9-16H2,1-4H3/t17?,18-,20+,21-,22+,23+,25+,26+,27+/m1/s1. The Balaban J connectivity index is 1.51. The first-order chi connectivity index (χ1) is 14.2. The maximum Gasteiger partial charge on any atom is 0.137 e. The van der Waals surface area contributed by atoms with Crippen molar-refractivity contribution in [1.82, 2.24) is 0 Å². The minimum Gasteiger partial charge on any atom is -0.396 e. The zero-order valence-electron chi connectivity index (χ0n) is 19.7. The van der Waals surface area contributed by atoms with Crippen LogP contribution < -0.4 is 0 Å². The highest BCUT2D eigenvalue weighted by Crippen LogP contribution is 2.66. The molecule has 170 valence electrons. The fourth-order valence-corrected chi connectivity index (χ4v) is 8.49. The van der Waals surface area contributed by atoms with Crippen LogP contribution in [0, 0.1) is 46.3 Å². The average molecular weight is 417 g/mol. The van der Waals surface area contributed by atoms with E-state index in [0.29, 0.717) is 35.4 Å². The molecular weight excluding hydrogens is 372 g/mol. The number of hydrogen-bond acceptors (Lipinski definition) is 3. The van der Waals surface area contributed by atoms with E-state index < -0.39 is 0 Å². The molecule has 0 amide bonds. The summed E-state index contributed by atoms with van der Waals surface area (Å²) in [6.45, 7) is 9.60. The zero-order chi connectivity index (χ0) is 21.7. The number of Topliss-reactive ketones (excluding diaryl/α,β-unsaturated/α-hetero) is 1. The quantitative estimate of drug-likeness (QED) is 0.559. The third kappa shape index (κ3) is 3.62. The smallest absolute Gasteiger partial charge is 0.137 e. The van der Waals surface area contributed by atoms with Gasteiger partial charge in [0.25, 0.3) is 0 Å². The minimum atomic E-state index is -0.151. The number of carbonyl (C=O) groups excluding carboxylic acids is 1. The third-order valence-electron chi connectivity index (χ3n) is 10.2. The summed E-state index contributed by atoms with van der Waals surface area (Å²) in [6, 6.07) is 0. The maximum atomic E-state index is 13.3. The summed E-state index contributed by atoms with van der Waals surface area (Å²) in [6.07, 6.45) is 12.9. The van der Waals surface area contributed by atoms with Gasteiger partial charge in [-0.2, -0.15) is 0 Å². The Morgan fingerprint density at radius 2 is 1.87 bits per heavy atom. The first-order valence-corrected chi connectivity index (χ1v) is 12.7. The van der Waals surface area contributed by atoms with Crippen LogP contribution in [0.3, 0.4) is 0 Å². The largest absolute Gasteiger partial charge is 0.396 e. The van der Waals surface area contributed by atoms with E-state index >= 15 is 0 Å². The molecule has 0 aliphatic heterocycles. The number of carbonyl (C=O) groups is 1. The van der Waals surface area contributed by atoms with Crippen molar-refractivity contribution in [3.63, 3.8) is 0 Å². The molecular formula is C27H44O3. The first-order valence-electron chi connectivity index (χ1n) is 12.7. The van der Waals surface area contributed by atoms with Crippen LogP contribution in [-0.4, -0.2) is 28.7 Å². The van der Waals surface area contributed by atoms with Crippen molar-refractivity contribution in [2.45, 2.75) is 98.0 Å². The lowest BCUT2D eigenvalue weighted by Crippen LogP contribution is -2.51. The molecule has 3 fully saturated rings. The van der Waals surface area contributed by atoms with Crippen molar-refractivity contribution in [2.75, 3.05) is 6.61 Å². The molecule has 0 heterocycles. The summed E-state index contributed by atoms with van der Waals surface area (Å²) in [5.74, 6) is 3.44. The van der Waals surface area contributed by atoms with Gasteiger partial charge >= 0.3 is 0 Å². The highest BCUT2D eigenvalue weighted by atomic mass is 16.3. The zero-order valence-corrected chi connectivity index (χ0v) is 19.7. The van der Waals surface area contributed by atoms with Crippen molar-refractivity contribution in [2.24, 2.45) is 46.3 Å². The minimum absolute atomic E-state index is 0.151. The van der Waals surface area contributed by atoms with Gasteiger partial charge in [-0.25, -0.2) is 0 Å². The van der Waals surface area contributed by atoms with Crippen molar-refractivity contribution >= 4 is 5.78 Å². The van der Waals surface area contributed by atoms with Gasteiger partial charge in [0.2, 0.25) is 0 Å². The van der Waals surface area contributed by atoms with Gasteiger partial charge < -0.3 is 10.2 Å². The molecule has 30 heavy (non-hydrogen) atoms. The Kier molecular flexibility index (Phi) is 6.27. The van der Waals surface area contributed by atoms with Crippen LogP contribution in [0.2, 0.25) is 0 Å². The number of ketones is 1. The number of allylic oxidation sites excluding steroid dienone is 1. The van der Waals surface area contributed by atoms with E-state index in [1.807, 2.05) is 0 Å². The summed E-state index contributed by atoms with van der Waals surface area (Å²) in [7, 11) is 0. The van der Waals surface area contributed by atoms with Crippen LogP contribution >= 0.6 is 0 Å². The van der Waals surface area contributed by atoms with Gasteiger partial charge in [-0.15, -0.1) is 0 Å². The van der Waals surface area contributed by atoms with E-state index in [4.69, 9.17) is 0 Å². The van der Waals surface area contributed by atoms with Gasteiger partial charge in [-0.05, 0) is 91.8 Å². The molecule has 0 bridgehead atoms. The van der Waals surface area contributed by atoms with Crippen molar-refractivity contribution in [1.29, 1.82) is 0 Å². The van der Waals surface area contributed by atoms with E-state index in [1.54, 1.807) is 0 Å². The van der Waals surface area contributed by atoms with Crippen LogP contribution in [-0.2, 0) is 4.79 Å². The lowest BCUT2D eigenvalue weighted by atomic mass is 9.47. The average Bonchev–Trinajstić information content (AvgIpc) is 2.98. The van der Waals surface area contributed by atoms with Crippen LogP contribution in [0.15, 0.2) is 11.6 Å². The molecule has 0 aromatic rings. The molecule has 4 aliphatic carbocycles. The maximum absolute atomic E-state index is 13.3. The molecule has 9 atom stereocenters. The molecule has 0 spiro atoms. The van der Waals surface area contributed by atoms with Crippen molar-refractivity contribution < 1.29 is 15.0 Å². The Labute approximate surface area is 183 Å². The highest BCUT2D eigenvalue weighted by molar-refractivity contribution is 5.85. The Bertz CT molecular complexity index is 684. The molecule has 3 saturated carbocycles. The normalized spacial score (nSPS) is 45.2. The molecule has 4 rings (SSSR count). The van der Waals surface area contributed by atoms with Gasteiger partial charge in [-0.1, -0.05) is 45.8 Å². The number of aliphatic hydroxyl groups is 2. The lowest BCUT2D eigenvalue weighted by molar-refractivity contribution is -0.124. The topological polar surface area (TPSA) is 57.5 Å². The number of rotatable bonds is 6. The molecule has 0 aromatic heterocycles. The Hall–Kier alpha value is -0.670. The van der Waals surface area contributed by atoms with Gasteiger partial charge in [-0.3, -0.25) is 4.79 Å². The van der Waals surface area contributed by atoms with Crippen molar-refractivity contribution in [3.05, 3.63) is 11.6 Å². The molecule has 0 aromatic carbocycles. The molecule has 3 heteroatoms. The lowest BCUT2D eigenvalue weighted by Gasteiger charge is -2.58. The highest BCUT2D eigenvalue weighted by Gasteiger charge is 2.61. The fraction of sp³-hybridized carbons (Fsp3) is 0.889. The van der Waals surface area contributed by atoms with E-state index in [-0.39, 0.29) is 29.5 Å². The van der Waals surface area contributed by atoms with E-state index in [1.165, 1.54) is 18.4 Å². The predicted octanol–water partition coefficient (Wildman–Crippen LogP) is 5.54. The fourth-order valence-electron chi connectivity index (χ4n) is 8.49. The van der Waals surface area contributed by atoms with E-state index in [2.05, 4.69) is 33.8 Å². The Morgan fingerprint density at radius 3 is 2.60 bits per heavy atom. The first kappa shape index (κ1) is 22.5. The second kappa shape index (κ2) is 8.35. The molecule has 1 unspecified atom stereocenters. The number of aliphatic hydroxyl groups excluding tert-OH is 2. The van der Waals surface area contributed by atoms with E-state index in [0.717, 1.165) is 51.4 Å². The molecule has 2 N–H and O–H groups in total. The SMILES string of the molecule is CC(CO)CCC[C@@H](C)[C@H]1C(=O)C[C@H]2[C@@H]3CC=C4C[C@@H](O)CC[C@]4(C)[C@H]3CC[C@]12C. The van der Waals surface area contributed by atoms with Gasteiger partial charge in [0, 0.05) is 18.9 Å². The van der Waals surface area contributed by atoms with Gasteiger partial charge in [0.15, 0.2) is 0 Å². The summed E-state index contributed by atoms with van der Waals surface area (Å²) in [4.78, 5) is 13.3. The van der Waals surface area contributed by atoms with Crippen LogP contribution in [0.25, 0.3) is 0 Å². The molecule has 3 nitrogen and oxygen atoms in total. The number of hydrogen-bond donors (Lipinski definition) is 2. The van der Waals surface area contributed by atoms with Gasteiger partial charge in [0.05, 0.1) is 6.10 Å². The monoisotopic (exact) mass is 416 g/mol. The number of fused-ring (bicyclic) bond motifs is 5. The van der Waals surface area contributed by atoms with Crippen LogP contribution in [0.4, 0.5) is 0 Å². The predicted molar refractivity (Wildman–Crippen MR) is 121 cm³/mol. The molecule has 4 aliphatic rings. The van der Waals surface area contributed by atoms with E-state index in [9.17, 15) is 15.0 Å². The van der Waals surface area contributed by atoms with Gasteiger partial charge in [0.1, 0.15) is 5.78 Å². The second-order valence-corrected chi connectivity index (χ2v) is 12.0. The second-order valence-electron chi connectivity index (χ2n) is 12.0. The molecule has 0 radical (unpaired) electrons. The summed E-state index contributed by atoms with van der Waals surface area (Å²) < 4.78 is 0. The van der Waals surface area contributed by atoms with Crippen molar-refractivity contribution in [3.8, 4) is 0 Å². The third-order valence-corrected chi connectivity index (χ3v) is 10.2. The van der Waals surface area contributed by atoms with Crippen LogP contribution in [0.5, 0.6) is 0 Å². The summed E-state index contributed by atoms with van der Waals surface area (Å²) in [5, 5.41) is 19.5. The molecule has 0 saturated heterocycles. The summed E-state index contributed by atoms with van der Waals surface area (Å²) >= 11 is 0. The summed E-state index contributed by atoms with van der Waals surface area (Å²) in [5.41, 5.74) is 1.92. The van der Waals surface area contributed by atoms with Crippen LogP contribution in [0.1, 0.15) is 91.9 Å².